The zero-order chi connectivity index (χ0) is 11.1. The minimum atomic E-state index is 0.949. The molecule has 13 heavy (non-hydrogen) atoms. The maximum Gasteiger partial charge on any atom is -0.0446 e. The number of hydrogen-bond acceptors (Lipinski definition) is 0. The predicted octanol–water partition coefficient (Wildman–Crippen LogP) is 5.67. The van der Waals surface area contributed by atoms with E-state index in [2.05, 4.69) is 34.6 Å². The highest BCUT2D eigenvalue weighted by molar-refractivity contribution is 4.45. The van der Waals surface area contributed by atoms with E-state index in [1.54, 1.807) is 0 Å². The van der Waals surface area contributed by atoms with E-state index >= 15 is 0 Å². The van der Waals surface area contributed by atoms with E-state index < -0.39 is 0 Å². The second-order valence-electron chi connectivity index (χ2n) is 3.30. The van der Waals surface area contributed by atoms with Gasteiger partial charge in [-0.15, -0.1) is 0 Å². The standard InChI is InChI=1S/C7H16.C4H10.C2H6/c1-4-6-7(3)5-2;1-3-4-2;1-2/h7H,4-6H2,1-3H3;3-4H2,1-2H3;1-2H3. The average Bonchev–Trinajstić information content (AvgIpc) is 2.21. The van der Waals surface area contributed by atoms with Crippen LogP contribution in [0.1, 0.15) is 80.6 Å². The Hall–Kier alpha value is 0. The molecule has 0 saturated carbocycles. The molecule has 0 aliphatic rings. The summed E-state index contributed by atoms with van der Waals surface area (Å²) in [6.07, 6.45) is 6.72. The molecule has 0 aromatic heterocycles. The quantitative estimate of drug-likeness (QED) is 0.533. The lowest BCUT2D eigenvalue weighted by atomic mass is 10.0. The van der Waals surface area contributed by atoms with Gasteiger partial charge in [-0.3, -0.25) is 0 Å². The van der Waals surface area contributed by atoms with Gasteiger partial charge < -0.3 is 0 Å². The van der Waals surface area contributed by atoms with Gasteiger partial charge in [-0.25, -0.2) is 0 Å². The molecule has 0 saturated heterocycles. The predicted molar refractivity (Wildman–Crippen MR) is 66.3 cm³/mol. The first kappa shape index (κ1) is 18.7. The van der Waals surface area contributed by atoms with Crippen LogP contribution in [-0.4, -0.2) is 0 Å². The molecule has 0 aliphatic carbocycles. The Morgan fingerprint density at radius 2 is 1.15 bits per heavy atom. The smallest absolute Gasteiger partial charge is 0.0446 e. The molecule has 84 valence electrons. The van der Waals surface area contributed by atoms with Crippen LogP contribution in [0.3, 0.4) is 0 Å². The summed E-state index contributed by atoms with van der Waals surface area (Å²) in [5.41, 5.74) is 0. The number of rotatable bonds is 4. The maximum absolute atomic E-state index is 2.31. The second-order valence-corrected chi connectivity index (χ2v) is 3.30. The second kappa shape index (κ2) is 22.7. The lowest BCUT2D eigenvalue weighted by Gasteiger charge is -2.02. The van der Waals surface area contributed by atoms with Gasteiger partial charge in [0.2, 0.25) is 0 Å². The molecular formula is C13H32. The normalized spacial score (nSPS) is 10.4. The summed E-state index contributed by atoms with van der Waals surface area (Å²) >= 11 is 0. The third kappa shape index (κ3) is 33.3. The van der Waals surface area contributed by atoms with E-state index in [0.29, 0.717) is 0 Å². The van der Waals surface area contributed by atoms with Gasteiger partial charge in [0.15, 0.2) is 0 Å². The van der Waals surface area contributed by atoms with Gasteiger partial charge >= 0.3 is 0 Å². The van der Waals surface area contributed by atoms with Crippen LogP contribution in [0.2, 0.25) is 0 Å². The van der Waals surface area contributed by atoms with Crippen molar-refractivity contribution < 1.29 is 0 Å². The molecule has 1 atom stereocenters. The van der Waals surface area contributed by atoms with Gasteiger partial charge in [-0.2, -0.15) is 0 Å². The van der Waals surface area contributed by atoms with Crippen molar-refractivity contribution in [3.63, 3.8) is 0 Å². The van der Waals surface area contributed by atoms with E-state index in [-0.39, 0.29) is 0 Å². The fourth-order valence-electron chi connectivity index (χ4n) is 0.697. The molecule has 1 unspecified atom stereocenters. The van der Waals surface area contributed by atoms with Crippen molar-refractivity contribution in [2.75, 3.05) is 0 Å². The Kier molecular flexibility index (Phi) is 32.7. The lowest BCUT2D eigenvalue weighted by molar-refractivity contribution is 0.509. The van der Waals surface area contributed by atoms with Gasteiger partial charge in [0, 0.05) is 0 Å². The van der Waals surface area contributed by atoms with E-state index in [0.717, 1.165) is 5.92 Å². The summed E-state index contributed by atoms with van der Waals surface area (Å²) in [4.78, 5) is 0. The Bertz CT molecular complexity index is 46.0. The van der Waals surface area contributed by atoms with Crippen LogP contribution in [0, 0.1) is 5.92 Å². The zero-order valence-electron chi connectivity index (χ0n) is 11.1. The highest BCUT2D eigenvalue weighted by Gasteiger charge is 1.92. The Balaban J connectivity index is -0.000000142. The van der Waals surface area contributed by atoms with E-state index in [1.165, 1.54) is 32.1 Å². The van der Waals surface area contributed by atoms with Crippen molar-refractivity contribution in [3.05, 3.63) is 0 Å². The first-order chi connectivity index (χ1) is 6.22. The van der Waals surface area contributed by atoms with Crippen LogP contribution in [0.25, 0.3) is 0 Å². The summed E-state index contributed by atoms with van der Waals surface area (Å²) in [7, 11) is 0. The van der Waals surface area contributed by atoms with Crippen LogP contribution in [0.5, 0.6) is 0 Å². The highest BCUT2D eigenvalue weighted by atomic mass is 14.0. The Morgan fingerprint density at radius 1 is 0.769 bits per heavy atom. The average molecular weight is 188 g/mol. The fourth-order valence-corrected chi connectivity index (χ4v) is 0.697. The molecule has 0 heterocycles. The van der Waals surface area contributed by atoms with Crippen LogP contribution in [-0.2, 0) is 0 Å². The summed E-state index contributed by atoms with van der Waals surface area (Å²) in [5.74, 6) is 0.949. The first-order valence-corrected chi connectivity index (χ1v) is 6.22. The molecule has 0 aromatic carbocycles. The number of hydrogen-bond donors (Lipinski definition) is 0. The molecule has 0 heteroatoms. The van der Waals surface area contributed by atoms with Crippen molar-refractivity contribution in [1.82, 2.24) is 0 Å². The monoisotopic (exact) mass is 188 g/mol. The summed E-state index contributed by atoms with van der Waals surface area (Å²) in [6.45, 7) is 15.2. The third-order valence-corrected chi connectivity index (χ3v) is 1.98. The minimum absolute atomic E-state index is 0.949. The first-order valence-electron chi connectivity index (χ1n) is 6.22. The van der Waals surface area contributed by atoms with Crippen molar-refractivity contribution in [2.24, 2.45) is 5.92 Å². The van der Waals surface area contributed by atoms with Gasteiger partial charge in [0.1, 0.15) is 0 Å². The molecule has 0 aliphatic heterocycles. The van der Waals surface area contributed by atoms with Gasteiger partial charge in [0.05, 0.1) is 0 Å². The Labute approximate surface area is 87.1 Å². The van der Waals surface area contributed by atoms with E-state index in [4.69, 9.17) is 0 Å². The van der Waals surface area contributed by atoms with Gasteiger partial charge in [-0.05, 0) is 5.92 Å². The SMILES string of the molecule is CC.CCCC.CCCC(C)CC. The molecule has 0 radical (unpaired) electrons. The molecule has 0 rings (SSSR count). The largest absolute Gasteiger partial charge is 0.0683 e. The summed E-state index contributed by atoms with van der Waals surface area (Å²) in [6, 6.07) is 0. The van der Waals surface area contributed by atoms with Crippen molar-refractivity contribution >= 4 is 0 Å². The van der Waals surface area contributed by atoms with Crippen molar-refractivity contribution in [3.8, 4) is 0 Å². The Morgan fingerprint density at radius 3 is 1.23 bits per heavy atom. The summed E-state index contributed by atoms with van der Waals surface area (Å²) < 4.78 is 0. The van der Waals surface area contributed by atoms with Crippen molar-refractivity contribution in [2.45, 2.75) is 80.6 Å². The van der Waals surface area contributed by atoms with E-state index in [1.807, 2.05) is 13.8 Å². The maximum atomic E-state index is 2.31. The highest BCUT2D eigenvalue weighted by Crippen LogP contribution is 2.07. The minimum Gasteiger partial charge on any atom is -0.0683 e. The molecule has 0 fully saturated rings. The molecule has 0 aromatic rings. The van der Waals surface area contributed by atoms with Crippen LogP contribution < -0.4 is 0 Å². The third-order valence-electron chi connectivity index (χ3n) is 1.98. The van der Waals surface area contributed by atoms with Crippen LogP contribution in [0.15, 0.2) is 0 Å². The van der Waals surface area contributed by atoms with Crippen LogP contribution >= 0.6 is 0 Å². The molecule has 0 N–H and O–H groups in total. The van der Waals surface area contributed by atoms with Gasteiger partial charge in [-0.1, -0.05) is 80.6 Å². The molecule has 0 bridgehead atoms. The van der Waals surface area contributed by atoms with Gasteiger partial charge in [0.25, 0.3) is 0 Å². The van der Waals surface area contributed by atoms with Crippen molar-refractivity contribution in [1.29, 1.82) is 0 Å². The molecule has 0 amide bonds. The van der Waals surface area contributed by atoms with E-state index in [9.17, 15) is 0 Å². The fraction of sp³-hybridized carbons (Fsp3) is 1.00. The summed E-state index contributed by atoms with van der Waals surface area (Å²) in [5, 5.41) is 0. The molecule has 0 nitrogen and oxygen atoms in total. The number of unbranched alkanes of at least 4 members (excludes halogenated alkanes) is 1. The van der Waals surface area contributed by atoms with Crippen LogP contribution in [0.4, 0.5) is 0 Å². The lowest BCUT2D eigenvalue weighted by Crippen LogP contribution is -1.88. The molecule has 0 spiro atoms. The molecular weight excluding hydrogens is 156 g/mol. The topological polar surface area (TPSA) is 0 Å². The zero-order valence-corrected chi connectivity index (χ0v) is 11.1.